The summed E-state index contributed by atoms with van der Waals surface area (Å²) < 4.78 is 0. The van der Waals surface area contributed by atoms with Crippen molar-refractivity contribution in [2.75, 3.05) is 24.7 Å². The van der Waals surface area contributed by atoms with Crippen molar-refractivity contribution in [3.63, 3.8) is 0 Å². The molecule has 0 saturated heterocycles. The van der Waals surface area contributed by atoms with Crippen molar-refractivity contribution in [3.8, 4) is 0 Å². The maximum absolute atomic E-state index is 2.32. The summed E-state index contributed by atoms with van der Waals surface area (Å²) in [5, 5.41) is 0. The Labute approximate surface area is 84.1 Å². The van der Waals surface area contributed by atoms with E-state index in [1.165, 1.54) is 34.7 Å². The average molecular weight is 193 g/mol. The third kappa shape index (κ3) is 1.83. The monoisotopic (exact) mass is 193 g/mol. The second kappa shape index (κ2) is 3.62. The minimum absolute atomic E-state index is 1.25. The highest BCUT2D eigenvalue weighted by Crippen LogP contribution is 2.32. The summed E-state index contributed by atoms with van der Waals surface area (Å²) >= 11 is 1.99. The first-order chi connectivity index (χ1) is 6.27. The van der Waals surface area contributed by atoms with E-state index in [2.05, 4.69) is 37.2 Å². The van der Waals surface area contributed by atoms with Gasteiger partial charge < -0.3 is 4.90 Å². The van der Waals surface area contributed by atoms with Gasteiger partial charge in [-0.05, 0) is 42.4 Å². The van der Waals surface area contributed by atoms with Gasteiger partial charge in [0.25, 0.3) is 0 Å². The molecule has 1 heterocycles. The Bertz CT molecular complexity index is 307. The van der Waals surface area contributed by atoms with Crippen LogP contribution in [0, 0.1) is 0 Å². The van der Waals surface area contributed by atoms with E-state index >= 15 is 0 Å². The third-order valence-corrected chi connectivity index (χ3v) is 3.61. The molecule has 0 spiro atoms. The van der Waals surface area contributed by atoms with E-state index in [4.69, 9.17) is 0 Å². The summed E-state index contributed by atoms with van der Waals surface area (Å²) in [6, 6.07) is 6.78. The molecular formula is C11H15NS. The Morgan fingerprint density at radius 1 is 1.31 bits per heavy atom. The number of hydrogen-bond acceptors (Lipinski definition) is 2. The van der Waals surface area contributed by atoms with Crippen molar-refractivity contribution in [2.24, 2.45) is 0 Å². The molecule has 0 aliphatic carbocycles. The number of hydrogen-bond donors (Lipinski definition) is 0. The van der Waals surface area contributed by atoms with Crippen LogP contribution in [0.15, 0.2) is 23.1 Å². The minimum atomic E-state index is 1.25. The smallest absolute Gasteiger partial charge is 0.0364 e. The Morgan fingerprint density at radius 2 is 2.15 bits per heavy atom. The van der Waals surface area contributed by atoms with Gasteiger partial charge in [0.2, 0.25) is 0 Å². The molecule has 0 N–H and O–H groups in total. The fraction of sp³-hybridized carbons (Fsp3) is 0.455. The first-order valence-electron chi connectivity index (χ1n) is 4.70. The average Bonchev–Trinajstić information content (AvgIpc) is 2.17. The molecule has 1 nitrogen and oxygen atoms in total. The van der Waals surface area contributed by atoms with E-state index in [1.54, 1.807) is 0 Å². The fourth-order valence-electron chi connectivity index (χ4n) is 1.62. The predicted molar refractivity (Wildman–Crippen MR) is 59.8 cm³/mol. The largest absolute Gasteiger partial charge is 0.378 e. The molecule has 0 amide bonds. The van der Waals surface area contributed by atoms with Gasteiger partial charge >= 0.3 is 0 Å². The highest BCUT2D eigenvalue weighted by Gasteiger charge is 2.10. The van der Waals surface area contributed by atoms with Crippen LogP contribution in [0.2, 0.25) is 0 Å². The molecular weight excluding hydrogens is 178 g/mol. The maximum atomic E-state index is 2.32. The van der Waals surface area contributed by atoms with E-state index in [9.17, 15) is 0 Å². The molecule has 13 heavy (non-hydrogen) atoms. The van der Waals surface area contributed by atoms with Crippen molar-refractivity contribution in [1.82, 2.24) is 0 Å². The molecule has 0 fully saturated rings. The number of fused-ring (bicyclic) bond motifs is 1. The highest BCUT2D eigenvalue weighted by atomic mass is 32.2. The van der Waals surface area contributed by atoms with Crippen LogP contribution in [-0.2, 0) is 6.42 Å². The molecule has 70 valence electrons. The summed E-state index contributed by atoms with van der Waals surface area (Å²) in [6.07, 6.45) is 2.58. The normalized spacial score (nSPS) is 15.2. The third-order valence-electron chi connectivity index (χ3n) is 2.41. The lowest BCUT2D eigenvalue weighted by Crippen LogP contribution is -2.09. The number of rotatable bonds is 1. The van der Waals surface area contributed by atoms with E-state index in [-0.39, 0.29) is 0 Å². The lowest BCUT2D eigenvalue weighted by atomic mass is 10.1. The molecule has 1 aromatic rings. The van der Waals surface area contributed by atoms with E-state index in [1.807, 2.05) is 11.8 Å². The molecule has 0 saturated carbocycles. The van der Waals surface area contributed by atoms with Crippen LogP contribution in [0.25, 0.3) is 0 Å². The van der Waals surface area contributed by atoms with Crippen molar-refractivity contribution in [1.29, 1.82) is 0 Å². The zero-order valence-corrected chi connectivity index (χ0v) is 9.03. The molecule has 0 atom stereocenters. The maximum Gasteiger partial charge on any atom is 0.0364 e. The number of nitrogens with zero attached hydrogens (tertiary/aromatic N) is 1. The van der Waals surface area contributed by atoms with Crippen LogP contribution in [-0.4, -0.2) is 19.8 Å². The van der Waals surface area contributed by atoms with Crippen molar-refractivity contribution in [3.05, 3.63) is 23.8 Å². The Balaban J connectivity index is 2.35. The molecule has 2 heteroatoms. The van der Waals surface area contributed by atoms with Gasteiger partial charge in [-0.2, -0.15) is 0 Å². The lowest BCUT2D eigenvalue weighted by Gasteiger charge is -2.19. The SMILES string of the molecule is CN(C)c1ccc2c(c1)CCCS2. The number of anilines is 1. The van der Waals surface area contributed by atoms with Gasteiger partial charge in [-0.1, -0.05) is 0 Å². The molecule has 1 aliphatic rings. The summed E-state index contributed by atoms with van der Waals surface area (Å²) in [5.41, 5.74) is 2.85. The Hall–Kier alpha value is -0.630. The zero-order chi connectivity index (χ0) is 9.26. The van der Waals surface area contributed by atoms with Crippen molar-refractivity contribution < 1.29 is 0 Å². The topological polar surface area (TPSA) is 3.24 Å². The van der Waals surface area contributed by atoms with Crippen molar-refractivity contribution >= 4 is 17.4 Å². The van der Waals surface area contributed by atoms with E-state index in [0.717, 1.165) is 0 Å². The van der Waals surface area contributed by atoms with Crippen LogP contribution >= 0.6 is 11.8 Å². The highest BCUT2D eigenvalue weighted by molar-refractivity contribution is 7.99. The molecule has 0 unspecified atom stereocenters. The molecule has 0 aromatic heterocycles. The van der Waals surface area contributed by atoms with Gasteiger partial charge in [0.05, 0.1) is 0 Å². The van der Waals surface area contributed by atoms with Crippen LogP contribution in [0.5, 0.6) is 0 Å². The van der Waals surface area contributed by atoms with Crippen LogP contribution < -0.4 is 4.90 Å². The number of benzene rings is 1. The quantitative estimate of drug-likeness (QED) is 0.674. The molecule has 1 aliphatic heterocycles. The van der Waals surface area contributed by atoms with E-state index in [0.29, 0.717) is 0 Å². The van der Waals surface area contributed by atoms with Gasteiger partial charge in [0.1, 0.15) is 0 Å². The standard InChI is InChI=1S/C11H15NS/c1-12(2)10-5-6-11-9(8-10)4-3-7-13-11/h5-6,8H,3-4,7H2,1-2H3. The summed E-state index contributed by atoms with van der Waals surface area (Å²) in [4.78, 5) is 3.65. The van der Waals surface area contributed by atoms with Crippen molar-refractivity contribution in [2.45, 2.75) is 17.7 Å². The predicted octanol–water partition coefficient (Wildman–Crippen LogP) is 2.79. The summed E-state index contributed by atoms with van der Waals surface area (Å²) in [6.45, 7) is 0. The number of thioether (sulfide) groups is 1. The molecule has 2 rings (SSSR count). The first-order valence-corrected chi connectivity index (χ1v) is 5.69. The van der Waals surface area contributed by atoms with Gasteiger partial charge in [-0.3, -0.25) is 0 Å². The zero-order valence-electron chi connectivity index (χ0n) is 8.21. The molecule has 1 aromatic carbocycles. The Kier molecular flexibility index (Phi) is 2.49. The fourth-order valence-corrected chi connectivity index (χ4v) is 2.64. The second-order valence-corrected chi connectivity index (χ2v) is 4.78. The van der Waals surface area contributed by atoms with Gasteiger partial charge in [-0.15, -0.1) is 11.8 Å². The summed E-state index contributed by atoms with van der Waals surface area (Å²) in [7, 11) is 4.19. The van der Waals surface area contributed by atoms with Crippen LogP contribution in [0.1, 0.15) is 12.0 Å². The first kappa shape index (κ1) is 8.95. The van der Waals surface area contributed by atoms with E-state index < -0.39 is 0 Å². The summed E-state index contributed by atoms with van der Waals surface area (Å²) in [5.74, 6) is 1.29. The number of aryl methyl sites for hydroxylation is 1. The van der Waals surface area contributed by atoms with Gasteiger partial charge in [-0.25, -0.2) is 0 Å². The Morgan fingerprint density at radius 3 is 2.92 bits per heavy atom. The van der Waals surface area contributed by atoms with Gasteiger partial charge in [0, 0.05) is 24.7 Å². The molecule has 0 bridgehead atoms. The van der Waals surface area contributed by atoms with Crippen LogP contribution in [0.4, 0.5) is 5.69 Å². The van der Waals surface area contributed by atoms with Gasteiger partial charge in [0.15, 0.2) is 0 Å². The molecule has 0 radical (unpaired) electrons. The minimum Gasteiger partial charge on any atom is -0.378 e. The van der Waals surface area contributed by atoms with Crippen LogP contribution in [0.3, 0.4) is 0 Å². The lowest BCUT2D eigenvalue weighted by molar-refractivity contribution is 0.888. The second-order valence-electron chi connectivity index (χ2n) is 3.64.